The van der Waals surface area contributed by atoms with Crippen LogP contribution < -0.4 is 0 Å². The summed E-state index contributed by atoms with van der Waals surface area (Å²) in [4.78, 5) is 27.0. The zero-order chi connectivity index (χ0) is 16.5. The minimum absolute atomic E-state index is 0.0604. The summed E-state index contributed by atoms with van der Waals surface area (Å²) in [5.74, 6) is 0.180. The van der Waals surface area contributed by atoms with Crippen LogP contribution in [0.2, 0.25) is 0 Å². The molecular formula is C17H18N6O. The Kier molecular flexibility index (Phi) is 3.68. The number of rotatable bonds is 2. The Hall–Kier alpha value is -2.83. The molecule has 1 aliphatic rings. The van der Waals surface area contributed by atoms with Gasteiger partial charge in [-0.2, -0.15) is 5.10 Å². The molecule has 1 amide bonds. The van der Waals surface area contributed by atoms with Crippen molar-refractivity contribution in [2.24, 2.45) is 0 Å². The van der Waals surface area contributed by atoms with Gasteiger partial charge in [0.1, 0.15) is 5.69 Å². The number of hydrogen-bond donors (Lipinski definition) is 0. The summed E-state index contributed by atoms with van der Waals surface area (Å²) >= 11 is 0. The van der Waals surface area contributed by atoms with Gasteiger partial charge in [-0.25, -0.2) is 14.5 Å². The predicted octanol–water partition coefficient (Wildman–Crippen LogP) is 1.85. The summed E-state index contributed by atoms with van der Waals surface area (Å²) in [6.07, 6.45) is 8.45. The molecule has 1 fully saturated rings. The second-order valence-electron chi connectivity index (χ2n) is 6.11. The molecule has 0 bridgehead atoms. The van der Waals surface area contributed by atoms with E-state index in [-0.39, 0.29) is 11.8 Å². The average Bonchev–Trinajstić information content (AvgIpc) is 3.02. The molecule has 4 rings (SSSR count). The van der Waals surface area contributed by atoms with Gasteiger partial charge < -0.3 is 4.90 Å². The second-order valence-corrected chi connectivity index (χ2v) is 6.11. The molecule has 1 aliphatic heterocycles. The van der Waals surface area contributed by atoms with Gasteiger partial charge in [0.2, 0.25) is 0 Å². The molecule has 0 aliphatic carbocycles. The van der Waals surface area contributed by atoms with Crippen molar-refractivity contribution >= 4 is 11.6 Å². The molecule has 0 spiro atoms. The minimum atomic E-state index is -0.0604. The van der Waals surface area contributed by atoms with Gasteiger partial charge in [-0.15, -0.1) is 0 Å². The molecule has 0 saturated carbocycles. The minimum Gasteiger partial charge on any atom is -0.337 e. The lowest BCUT2D eigenvalue weighted by Gasteiger charge is -2.32. The zero-order valence-electron chi connectivity index (χ0n) is 13.5. The molecule has 122 valence electrons. The number of fused-ring (bicyclic) bond motifs is 1. The molecular weight excluding hydrogens is 304 g/mol. The number of aryl methyl sites for hydroxylation is 1. The second kappa shape index (κ2) is 5.99. The summed E-state index contributed by atoms with van der Waals surface area (Å²) in [5.41, 5.74) is 3.29. The van der Waals surface area contributed by atoms with E-state index in [2.05, 4.69) is 20.1 Å². The van der Waals surface area contributed by atoms with Crippen LogP contribution in [0.15, 0.2) is 36.9 Å². The van der Waals surface area contributed by atoms with E-state index in [0.717, 1.165) is 36.4 Å². The van der Waals surface area contributed by atoms with Crippen molar-refractivity contribution in [3.63, 3.8) is 0 Å². The first kappa shape index (κ1) is 14.7. The SMILES string of the molecule is Cc1cc2nccc([C@@H]3CCCN(C(=O)c4cnccn4)C3)n2n1. The monoisotopic (exact) mass is 322 g/mol. The fourth-order valence-corrected chi connectivity index (χ4v) is 3.31. The van der Waals surface area contributed by atoms with Gasteiger partial charge in [0, 0.05) is 43.7 Å². The van der Waals surface area contributed by atoms with E-state index >= 15 is 0 Å². The number of hydrogen-bond acceptors (Lipinski definition) is 5. The number of aromatic nitrogens is 5. The van der Waals surface area contributed by atoms with E-state index in [0.29, 0.717) is 12.2 Å². The number of piperidine rings is 1. The normalized spacial score (nSPS) is 18.0. The van der Waals surface area contributed by atoms with Gasteiger partial charge >= 0.3 is 0 Å². The Balaban J connectivity index is 1.61. The van der Waals surface area contributed by atoms with Crippen LogP contribution in [-0.4, -0.2) is 48.5 Å². The van der Waals surface area contributed by atoms with Gasteiger partial charge in [0.15, 0.2) is 5.65 Å². The van der Waals surface area contributed by atoms with E-state index in [1.807, 2.05) is 34.7 Å². The van der Waals surface area contributed by atoms with Crippen LogP contribution in [0, 0.1) is 6.92 Å². The Morgan fingerprint density at radius 3 is 3.00 bits per heavy atom. The highest BCUT2D eigenvalue weighted by Gasteiger charge is 2.27. The van der Waals surface area contributed by atoms with Crippen molar-refractivity contribution in [3.05, 3.63) is 54.0 Å². The lowest BCUT2D eigenvalue weighted by atomic mass is 9.94. The molecule has 0 unspecified atom stereocenters. The van der Waals surface area contributed by atoms with Crippen LogP contribution in [0.1, 0.15) is 40.6 Å². The summed E-state index contributed by atoms with van der Waals surface area (Å²) in [5, 5.41) is 4.54. The van der Waals surface area contributed by atoms with Crippen LogP contribution in [-0.2, 0) is 0 Å². The molecule has 4 heterocycles. The van der Waals surface area contributed by atoms with Crippen LogP contribution >= 0.6 is 0 Å². The highest BCUT2D eigenvalue weighted by Crippen LogP contribution is 2.27. The fraction of sp³-hybridized carbons (Fsp3) is 0.353. The van der Waals surface area contributed by atoms with E-state index in [4.69, 9.17) is 0 Å². The van der Waals surface area contributed by atoms with E-state index in [9.17, 15) is 4.79 Å². The molecule has 1 atom stereocenters. The summed E-state index contributed by atoms with van der Waals surface area (Å²) in [6, 6.07) is 3.97. The third kappa shape index (κ3) is 2.62. The largest absolute Gasteiger partial charge is 0.337 e. The topological polar surface area (TPSA) is 76.3 Å². The molecule has 3 aromatic rings. The molecule has 0 aromatic carbocycles. The van der Waals surface area contributed by atoms with Crippen molar-refractivity contribution in [2.45, 2.75) is 25.7 Å². The van der Waals surface area contributed by atoms with Crippen molar-refractivity contribution < 1.29 is 4.79 Å². The van der Waals surface area contributed by atoms with E-state index in [1.54, 1.807) is 12.4 Å². The maximum absolute atomic E-state index is 12.6. The third-order valence-electron chi connectivity index (χ3n) is 4.42. The first-order chi connectivity index (χ1) is 11.7. The summed E-state index contributed by atoms with van der Waals surface area (Å²) in [7, 11) is 0. The highest BCUT2D eigenvalue weighted by molar-refractivity contribution is 5.92. The quantitative estimate of drug-likeness (QED) is 0.719. The van der Waals surface area contributed by atoms with Gasteiger partial charge in [0.05, 0.1) is 17.6 Å². The number of likely N-dealkylation sites (tertiary alicyclic amines) is 1. The zero-order valence-corrected chi connectivity index (χ0v) is 13.5. The molecule has 7 nitrogen and oxygen atoms in total. The Bertz CT molecular complexity index is 875. The fourth-order valence-electron chi connectivity index (χ4n) is 3.31. The third-order valence-corrected chi connectivity index (χ3v) is 4.42. The van der Waals surface area contributed by atoms with Crippen molar-refractivity contribution in [1.82, 2.24) is 29.5 Å². The van der Waals surface area contributed by atoms with E-state index in [1.165, 1.54) is 6.20 Å². The van der Waals surface area contributed by atoms with Crippen molar-refractivity contribution in [2.75, 3.05) is 13.1 Å². The van der Waals surface area contributed by atoms with Gasteiger partial charge in [-0.3, -0.25) is 9.78 Å². The molecule has 0 radical (unpaired) electrons. The first-order valence-electron chi connectivity index (χ1n) is 8.09. The van der Waals surface area contributed by atoms with E-state index < -0.39 is 0 Å². The molecule has 0 N–H and O–H groups in total. The summed E-state index contributed by atoms with van der Waals surface area (Å²) in [6.45, 7) is 3.37. The smallest absolute Gasteiger partial charge is 0.274 e. The molecule has 7 heteroatoms. The van der Waals surface area contributed by atoms with Gasteiger partial charge in [-0.05, 0) is 25.8 Å². The lowest BCUT2D eigenvalue weighted by Crippen LogP contribution is -2.40. The van der Waals surface area contributed by atoms with Crippen molar-refractivity contribution in [3.8, 4) is 0 Å². The Labute approximate surface area is 139 Å². The number of carbonyl (C=O) groups is 1. The lowest BCUT2D eigenvalue weighted by molar-refractivity contribution is 0.0698. The average molecular weight is 322 g/mol. The maximum Gasteiger partial charge on any atom is 0.274 e. The molecule has 24 heavy (non-hydrogen) atoms. The van der Waals surface area contributed by atoms with Gasteiger partial charge in [0.25, 0.3) is 5.91 Å². The van der Waals surface area contributed by atoms with Crippen LogP contribution in [0.5, 0.6) is 0 Å². The van der Waals surface area contributed by atoms with Crippen LogP contribution in [0.3, 0.4) is 0 Å². The molecule has 3 aromatic heterocycles. The number of nitrogens with zero attached hydrogens (tertiary/aromatic N) is 6. The summed E-state index contributed by atoms with van der Waals surface area (Å²) < 4.78 is 1.90. The standard InChI is InChI=1S/C17H18N6O/c1-12-9-16-20-5-4-15(23(16)21-12)13-3-2-8-22(11-13)17(24)14-10-18-6-7-19-14/h4-7,9-10,13H,2-3,8,11H2,1H3/t13-/m1/s1. The number of amides is 1. The maximum atomic E-state index is 12.6. The van der Waals surface area contributed by atoms with Crippen molar-refractivity contribution in [1.29, 1.82) is 0 Å². The predicted molar refractivity (Wildman–Crippen MR) is 87.6 cm³/mol. The Morgan fingerprint density at radius 1 is 1.25 bits per heavy atom. The Morgan fingerprint density at radius 2 is 2.17 bits per heavy atom. The van der Waals surface area contributed by atoms with Crippen LogP contribution in [0.25, 0.3) is 5.65 Å². The number of carbonyl (C=O) groups excluding carboxylic acids is 1. The van der Waals surface area contributed by atoms with Gasteiger partial charge in [-0.1, -0.05) is 0 Å². The first-order valence-corrected chi connectivity index (χ1v) is 8.09. The highest BCUT2D eigenvalue weighted by atomic mass is 16.2. The molecule has 1 saturated heterocycles. The van der Waals surface area contributed by atoms with Crippen LogP contribution in [0.4, 0.5) is 0 Å².